The van der Waals surface area contributed by atoms with Crippen LogP contribution in [0.5, 0.6) is 0 Å². The second-order valence-electron chi connectivity index (χ2n) is 5.54. The van der Waals surface area contributed by atoms with Crippen LogP contribution in [0.2, 0.25) is 0 Å². The maximum absolute atomic E-state index is 12.4. The lowest BCUT2D eigenvalue weighted by molar-refractivity contribution is 0.0945. The first-order valence-electron chi connectivity index (χ1n) is 7.97. The van der Waals surface area contributed by atoms with Crippen LogP contribution in [0.4, 0.5) is 5.95 Å². The molecule has 0 unspecified atom stereocenters. The van der Waals surface area contributed by atoms with E-state index in [4.69, 9.17) is 0 Å². The van der Waals surface area contributed by atoms with E-state index in [0.29, 0.717) is 18.2 Å². The van der Waals surface area contributed by atoms with Crippen molar-refractivity contribution in [1.29, 1.82) is 0 Å². The summed E-state index contributed by atoms with van der Waals surface area (Å²) in [7, 11) is 0. The Bertz CT molecular complexity index is 680. The zero-order valence-electron chi connectivity index (χ0n) is 14.3. The molecule has 0 spiro atoms. The molecule has 0 saturated heterocycles. The summed E-state index contributed by atoms with van der Waals surface area (Å²) in [6, 6.07) is 9.81. The zero-order chi connectivity index (χ0) is 16.8. The van der Waals surface area contributed by atoms with Crippen LogP contribution in [0.25, 0.3) is 0 Å². The fourth-order valence-electron chi connectivity index (χ4n) is 2.41. The van der Waals surface area contributed by atoms with Gasteiger partial charge >= 0.3 is 0 Å². The van der Waals surface area contributed by atoms with Gasteiger partial charge in [-0.05, 0) is 39.3 Å². The molecule has 0 fully saturated rings. The van der Waals surface area contributed by atoms with Crippen LogP contribution in [-0.4, -0.2) is 29.0 Å². The Hall–Kier alpha value is -2.43. The highest BCUT2D eigenvalue weighted by Crippen LogP contribution is 2.10. The minimum atomic E-state index is -0.176. The molecule has 5 nitrogen and oxygen atoms in total. The number of rotatable bonds is 6. The Balaban J connectivity index is 2.12. The Morgan fingerprint density at radius 1 is 1.13 bits per heavy atom. The number of aryl methyl sites for hydroxylation is 2. The van der Waals surface area contributed by atoms with Gasteiger partial charge in [-0.2, -0.15) is 0 Å². The van der Waals surface area contributed by atoms with Crippen LogP contribution in [0.1, 0.15) is 41.2 Å². The number of hydrogen-bond acceptors (Lipinski definition) is 4. The SMILES string of the molecule is CCN(CC)c1nc(C)cc(C(=O)NCc2cccc(C)c2)n1. The second-order valence-corrected chi connectivity index (χ2v) is 5.54. The minimum absolute atomic E-state index is 0.176. The molecule has 5 heteroatoms. The predicted molar refractivity (Wildman–Crippen MR) is 92.7 cm³/mol. The third-order valence-corrected chi connectivity index (χ3v) is 3.66. The van der Waals surface area contributed by atoms with Crippen molar-refractivity contribution in [3.8, 4) is 0 Å². The van der Waals surface area contributed by atoms with E-state index in [9.17, 15) is 4.79 Å². The fraction of sp³-hybridized carbons (Fsp3) is 0.389. The molecule has 23 heavy (non-hydrogen) atoms. The topological polar surface area (TPSA) is 58.1 Å². The summed E-state index contributed by atoms with van der Waals surface area (Å²) in [5, 5.41) is 2.92. The number of amides is 1. The lowest BCUT2D eigenvalue weighted by Crippen LogP contribution is -2.28. The van der Waals surface area contributed by atoms with Crippen molar-refractivity contribution >= 4 is 11.9 Å². The molecule has 0 saturated carbocycles. The van der Waals surface area contributed by atoms with E-state index >= 15 is 0 Å². The van der Waals surface area contributed by atoms with Gasteiger partial charge in [-0.1, -0.05) is 29.8 Å². The van der Waals surface area contributed by atoms with Crippen molar-refractivity contribution in [1.82, 2.24) is 15.3 Å². The van der Waals surface area contributed by atoms with Crippen molar-refractivity contribution in [2.75, 3.05) is 18.0 Å². The Labute approximate surface area is 137 Å². The molecule has 1 aromatic carbocycles. The maximum atomic E-state index is 12.4. The number of aromatic nitrogens is 2. The molecule has 2 rings (SSSR count). The van der Waals surface area contributed by atoms with Crippen LogP contribution in [0.3, 0.4) is 0 Å². The zero-order valence-corrected chi connectivity index (χ0v) is 14.3. The lowest BCUT2D eigenvalue weighted by Gasteiger charge is -2.19. The normalized spacial score (nSPS) is 10.4. The lowest BCUT2D eigenvalue weighted by atomic mass is 10.1. The molecular weight excluding hydrogens is 288 g/mol. The molecule has 2 aromatic rings. The van der Waals surface area contributed by atoms with Crippen LogP contribution in [-0.2, 0) is 6.54 Å². The van der Waals surface area contributed by atoms with Crippen LogP contribution >= 0.6 is 0 Å². The van der Waals surface area contributed by atoms with Gasteiger partial charge in [0, 0.05) is 25.3 Å². The first-order valence-corrected chi connectivity index (χ1v) is 7.97. The number of nitrogens with zero attached hydrogens (tertiary/aromatic N) is 3. The molecule has 1 aromatic heterocycles. The third kappa shape index (κ3) is 4.52. The molecule has 122 valence electrons. The highest BCUT2D eigenvalue weighted by atomic mass is 16.1. The summed E-state index contributed by atoms with van der Waals surface area (Å²) in [6.45, 7) is 10.1. The van der Waals surface area contributed by atoms with Gasteiger partial charge in [0.15, 0.2) is 0 Å². The molecule has 1 amide bonds. The van der Waals surface area contributed by atoms with E-state index < -0.39 is 0 Å². The summed E-state index contributed by atoms with van der Waals surface area (Å²) in [4.78, 5) is 23.2. The quantitative estimate of drug-likeness (QED) is 0.891. The van der Waals surface area contributed by atoms with Crippen molar-refractivity contribution < 1.29 is 4.79 Å². The molecule has 0 aliphatic heterocycles. The van der Waals surface area contributed by atoms with E-state index in [0.717, 1.165) is 24.3 Å². The molecule has 0 aliphatic rings. The van der Waals surface area contributed by atoms with Crippen molar-refractivity contribution in [3.63, 3.8) is 0 Å². The molecule has 0 radical (unpaired) electrons. The van der Waals surface area contributed by atoms with Crippen LogP contribution in [0.15, 0.2) is 30.3 Å². The number of carbonyl (C=O) groups excluding carboxylic acids is 1. The average molecular weight is 312 g/mol. The highest BCUT2D eigenvalue weighted by Gasteiger charge is 2.13. The second kappa shape index (κ2) is 7.72. The van der Waals surface area contributed by atoms with Crippen molar-refractivity contribution in [2.45, 2.75) is 34.2 Å². The smallest absolute Gasteiger partial charge is 0.270 e. The maximum Gasteiger partial charge on any atom is 0.270 e. The first kappa shape index (κ1) is 16.9. The number of hydrogen-bond donors (Lipinski definition) is 1. The number of nitrogens with one attached hydrogen (secondary N) is 1. The molecule has 1 heterocycles. The van der Waals surface area contributed by atoms with Crippen LogP contribution < -0.4 is 10.2 Å². The Morgan fingerprint density at radius 3 is 2.52 bits per heavy atom. The van der Waals surface area contributed by atoms with E-state index in [2.05, 4.69) is 21.4 Å². The summed E-state index contributed by atoms with van der Waals surface area (Å²) >= 11 is 0. The van der Waals surface area contributed by atoms with E-state index in [1.54, 1.807) is 6.07 Å². The van der Waals surface area contributed by atoms with Gasteiger partial charge in [-0.3, -0.25) is 4.79 Å². The number of anilines is 1. The summed E-state index contributed by atoms with van der Waals surface area (Å²) in [5.41, 5.74) is 3.46. The van der Waals surface area contributed by atoms with Crippen molar-refractivity contribution in [3.05, 3.63) is 52.8 Å². The van der Waals surface area contributed by atoms with E-state index in [1.807, 2.05) is 50.8 Å². The van der Waals surface area contributed by atoms with Gasteiger partial charge in [0.2, 0.25) is 5.95 Å². The highest BCUT2D eigenvalue weighted by molar-refractivity contribution is 5.92. The van der Waals surface area contributed by atoms with Gasteiger partial charge in [-0.15, -0.1) is 0 Å². The molecule has 0 bridgehead atoms. The Morgan fingerprint density at radius 2 is 1.87 bits per heavy atom. The summed E-state index contributed by atoms with van der Waals surface area (Å²) < 4.78 is 0. The molecule has 0 atom stereocenters. The standard InChI is InChI=1S/C18H24N4O/c1-5-22(6-2)18-20-14(4)11-16(21-18)17(23)19-12-15-9-7-8-13(3)10-15/h7-11H,5-6,12H2,1-4H3,(H,19,23). The monoisotopic (exact) mass is 312 g/mol. The van der Waals surface area contributed by atoms with Gasteiger partial charge in [0.1, 0.15) is 5.69 Å². The summed E-state index contributed by atoms with van der Waals surface area (Å²) in [5.74, 6) is 0.432. The van der Waals surface area contributed by atoms with Gasteiger partial charge in [0.05, 0.1) is 0 Å². The third-order valence-electron chi connectivity index (χ3n) is 3.66. The minimum Gasteiger partial charge on any atom is -0.347 e. The van der Waals surface area contributed by atoms with Gasteiger partial charge in [0.25, 0.3) is 5.91 Å². The predicted octanol–water partition coefficient (Wildman–Crippen LogP) is 2.87. The molecular formula is C18H24N4O. The van der Waals surface area contributed by atoms with Gasteiger partial charge < -0.3 is 10.2 Å². The average Bonchev–Trinajstić information content (AvgIpc) is 2.53. The largest absolute Gasteiger partial charge is 0.347 e. The number of benzene rings is 1. The van der Waals surface area contributed by atoms with Crippen LogP contribution in [0, 0.1) is 13.8 Å². The van der Waals surface area contributed by atoms with Gasteiger partial charge in [-0.25, -0.2) is 9.97 Å². The Kier molecular flexibility index (Phi) is 5.68. The molecule has 0 aliphatic carbocycles. The fourth-order valence-corrected chi connectivity index (χ4v) is 2.41. The number of carbonyl (C=O) groups is 1. The summed E-state index contributed by atoms with van der Waals surface area (Å²) in [6.07, 6.45) is 0. The van der Waals surface area contributed by atoms with E-state index in [-0.39, 0.29) is 5.91 Å². The van der Waals surface area contributed by atoms with E-state index in [1.165, 1.54) is 5.56 Å². The first-order chi connectivity index (χ1) is 11.0. The van der Waals surface area contributed by atoms with Crippen molar-refractivity contribution in [2.24, 2.45) is 0 Å². The molecule has 1 N–H and O–H groups in total.